The number of nitrogens with one attached hydrogen (secondary N) is 1. The van der Waals surface area contributed by atoms with Gasteiger partial charge in [-0.2, -0.15) is 13.2 Å². The summed E-state index contributed by atoms with van der Waals surface area (Å²) in [5.41, 5.74) is 0.668. The summed E-state index contributed by atoms with van der Waals surface area (Å²) in [6.07, 6.45) is -4.41. The third-order valence-electron chi connectivity index (χ3n) is 3.66. The second kappa shape index (κ2) is 7.99. The first-order chi connectivity index (χ1) is 11.7. The summed E-state index contributed by atoms with van der Waals surface area (Å²) in [5.74, 6) is -1.04. The van der Waals surface area contributed by atoms with Crippen LogP contribution in [0.1, 0.15) is 33.1 Å². The van der Waals surface area contributed by atoms with Crippen LogP contribution in [0.2, 0.25) is 0 Å². The number of rotatable bonds is 6. The van der Waals surface area contributed by atoms with Crippen LogP contribution in [-0.2, 0) is 12.7 Å². The van der Waals surface area contributed by atoms with Crippen LogP contribution < -0.4 is 5.32 Å². The van der Waals surface area contributed by atoms with Crippen LogP contribution in [0.4, 0.5) is 13.2 Å². The standard InChI is InChI=1S/C17H15BrF3NO3/c18-14-7-11(16(24)25)1-2-12(14)8-22-15(9-23)10-3-5-13(6-4-10)17(19,20)21/h1-7,15,22-23H,8-9H2,(H,24,25). The predicted octanol–water partition coefficient (Wildman–Crippen LogP) is 3.99. The summed E-state index contributed by atoms with van der Waals surface area (Å²) in [4.78, 5) is 10.9. The van der Waals surface area contributed by atoms with E-state index in [2.05, 4.69) is 21.2 Å². The van der Waals surface area contributed by atoms with Gasteiger partial charge in [0.1, 0.15) is 0 Å². The van der Waals surface area contributed by atoms with E-state index in [1.807, 2.05) is 0 Å². The zero-order chi connectivity index (χ0) is 18.6. The number of aromatic carboxylic acids is 1. The number of carboxylic acids is 1. The lowest BCUT2D eigenvalue weighted by Gasteiger charge is -2.18. The minimum atomic E-state index is -4.41. The summed E-state index contributed by atoms with van der Waals surface area (Å²) in [7, 11) is 0. The monoisotopic (exact) mass is 417 g/mol. The van der Waals surface area contributed by atoms with Crippen LogP contribution in [0.25, 0.3) is 0 Å². The van der Waals surface area contributed by atoms with Gasteiger partial charge in [0.2, 0.25) is 0 Å². The lowest BCUT2D eigenvalue weighted by molar-refractivity contribution is -0.137. The highest BCUT2D eigenvalue weighted by molar-refractivity contribution is 9.10. The van der Waals surface area contributed by atoms with Crippen LogP contribution in [0.5, 0.6) is 0 Å². The molecule has 0 amide bonds. The maximum absolute atomic E-state index is 12.6. The molecule has 0 heterocycles. The molecule has 1 unspecified atom stereocenters. The third-order valence-corrected chi connectivity index (χ3v) is 4.40. The van der Waals surface area contributed by atoms with Gasteiger partial charge in [0, 0.05) is 11.0 Å². The smallest absolute Gasteiger partial charge is 0.416 e. The first-order valence-corrected chi connectivity index (χ1v) is 8.04. The van der Waals surface area contributed by atoms with Gasteiger partial charge < -0.3 is 15.5 Å². The second-order valence-corrected chi connectivity index (χ2v) is 6.20. The number of alkyl halides is 3. The normalized spacial score (nSPS) is 12.8. The third kappa shape index (κ3) is 5.04. The van der Waals surface area contributed by atoms with Crippen molar-refractivity contribution in [2.75, 3.05) is 6.61 Å². The molecule has 2 aromatic rings. The average molecular weight is 418 g/mol. The Bertz CT molecular complexity index is 748. The molecular formula is C17H15BrF3NO3. The second-order valence-electron chi connectivity index (χ2n) is 5.35. The van der Waals surface area contributed by atoms with Crippen molar-refractivity contribution in [2.45, 2.75) is 18.8 Å². The van der Waals surface area contributed by atoms with Gasteiger partial charge >= 0.3 is 12.1 Å². The number of carboxylic acid groups (broad SMARTS) is 1. The fraction of sp³-hybridized carbons (Fsp3) is 0.235. The van der Waals surface area contributed by atoms with Crippen LogP contribution in [-0.4, -0.2) is 22.8 Å². The molecule has 0 aromatic heterocycles. The van der Waals surface area contributed by atoms with Gasteiger partial charge in [-0.1, -0.05) is 34.1 Å². The van der Waals surface area contributed by atoms with Crippen molar-refractivity contribution in [1.29, 1.82) is 0 Å². The zero-order valence-electron chi connectivity index (χ0n) is 12.8. The van der Waals surface area contributed by atoms with Crippen LogP contribution in [0.3, 0.4) is 0 Å². The number of aliphatic hydroxyl groups excluding tert-OH is 1. The van der Waals surface area contributed by atoms with Gasteiger partial charge in [0.05, 0.1) is 23.8 Å². The number of carbonyl (C=O) groups is 1. The Morgan fingerprint density at radius 2 is 1.80 bits per heavy atom. The topological polar surface area (TPSA) is 69.6 Å². The highest BCUT2D eigenvalue weighted by Gasteiger charge is 2.30. The minimum absolute atomic E-state index is 0.136. The summed E-state index contributed by atoms with van der Waals surface area (Å²) >= 11 is 3.28. The highest BCUT2D eigenvalue weighted by Crippen LogP contribution is 2.30. The maximum atomic E-state index is 12.6. The van der Waals surface area contributed by atoms with Gasteiger partial charge in [-0.25, -0.2) is 4.79 Å². The molecule has 1 atom stereocenters. The molecule has 2 aromatic carbocycles. The molecule has 134 valence electrons. The number of aliphatic hydroxyl groups is 1. The van der Waals surface area contributed by atoms with Gasteiger partial charge in [0.25, 0.3) is 0 Å². The first-order valence-electron chi connectivity index (χ1n) is 7.25. The SMILES string of the molecule is O=C(O)c1ccc(CNC(CO)c2ccc(C(F)(F)F)cc2)c(Br)c1. The highest BCUT2D eigenvalue weighted by atomic mass is 79.9. The van der Waals surface area contributed by atoms with E-state index in [9.17, 15) is 23.1 Å². The Kier molecular flexibility index (Phi) is 6.21. The number of halogens is 4. The number of hydrogen-bond donors (Lipinski definition) is 3. The Morgan fingerprint density at radius 1 is 1.16 bits per heavy atom. The summed E-state index contributed by atoms with van der Waals surface area (Å²) in [6.45, 7) is 0.00290. The molecule has 0 aliphatic heterocycles. The number of benzene rings is 2. The molecule has 0 saturated heterocycles. The molecule has 0 aliphatic rings. The molecule has 0 bridgehead atoms. The van der Waals surface area contributed by atoms with Gasteiger partial charge in [-0.3, -0.25) is 0 Å². The molecule has 0 fully saturated rings. The molecular weight excluding hydrogens is 403 g/mol. The Hall–Kier alpha value is -1.90. The lowest BCUT2D eigenvalue weighted by atomic mass is 10.0. The molecule has 0 radical (unpaired) electrons. The fourth-order valence-electron chi connectivity index (χ4n) is 2.25. The van der Waals surface area contributed by atoms with Crippen molar-refractivity contribution in [3.8, 4) is 0 Å². The van der Waals surface area contributed by atoms with Gasteiger partial charge in [0.15, 0.2) is 0 Å². The summed E-state index contributed by atoms with van der Waals surface area (Å²) in [6, 6.07) is 8.57. The van der Waals surface area contributed by atoms with Crippen LogP contribution >= 0.6 is 15.9 Å². The maximum Gasteiger partial charge on any atom is 0.416 e. The van der Waals surface area contributed by atoms with E-state index in [4.69, 9.17) is 5.11 Å². The molecule has 0 aliphatic carbocycles. The predicted molar refractivity (Wildman–Crippen MR) is 89.2 cm³/mol. The minimum Gasteiger partial charge on any atom is -0.478 e. The van der Waals surface area contributed by atoms with E-state index < -0.39 is 23.8 Å². The summed E-state index contributed by atoms with van der Waals surface area (Å²) in [5, 5.41) is 21.5. The largest absolute Gasteiger partial charge is 0.478 e. The van der Waals surface area contributed by atoms with E-state index in [1.165, 1.54) is 24.3 Å². The molecule has 2 rings (SSSR count). The molecule has 3 N–H and O–H groups in total. The van der Waals surface area contributed by atoms with E-state index in [1.54, 1.807) is 6.07 Å². The summed E-state index contributed by atoms with van der Waals surface area (Å²) < 4.78 is 38.4. The average Bonchev–Trinajstić information content (AvgIpc) is 2.56. The van der Waals surface area contributed by atoms with Crippen LogP contribution in [0, 0.1) is 0 Å². The Balaban J connectivity index is 2.09. The zero-order valence-corrected chi connectivity index (χ0v) is 14.4. The van der Waals surface area contributed by atoms with Crippen molar-refractivity contribution >= 4 is 21.9 Å². The van der Waals surface area contributed by atoms with Crippen molar-refractivity contribution in [1.82, 2.24) is 5.32 Å². The van der Waals surface area contributed by atoms with E-state index in [0.29, 0.717) is 16.6 Å². The van der Waals surface area contributed by atoms with E-state index in [-0.39, 0.29) is 12.2 Å². The van der Waals surface area contributed by atoms with Crippen LogP contribution in [0.15, 0.2) is 46.9 Å². The molecule has 4 nitrogen and oxygen atoms in total. The van der Waals surface area contributed by atoms with Crippen molar-refractivity contribution in [3.63, 3.8) is 0 Å². The fourth-order valence-corrected chi connectivity index (χ4v) is 2.77. The molecule has 25 heavy (non-hydrogen) atoms. The molecule has 0 spiro atoms. The Morgan fingerprint density at radius 3 is 2.28 bits per heavy atom. The first kappa shape index (κ1) is 19.4. The quantitative estimate of drug-likeness (QED) is 0.664. The van der Waals surface area contributed by atoms with Gasteiger partial charge in [-0.15, -0.1) is 0 Å². The molecule has 0 saturated carbocycles. The Labute approximate surface area is 150 Å². The van der Waals surface area contributed by atoms with Crippen molar-refractivity contribution in [3.05, 3.63) is 69.2 Å². The lowest BCUT2D eigenvalue weighted by Crippen LogP contribution is -2.24. The van der Waals surface area contributed by atoms with Gasteiger partial charge in [-0.05, 0) is 35.4 Å². The van der Waals surface area contributed by atoms with Crippen molar-refractivity contribution in [2.24, 2.45) is 0 Å². The van der Waals surface area contributed by atoms with E-state index >= 15 is 0 Å². The molecule has 8 heteroatoms. The number of hydrogen-bond acceptors (Lipinski definition) is 3. The van der Waals surface area contributed by atoms with E-state index in [0.717, 1.165) is 17.7 Å². The van der Waals surface area contributed by atoms with Crippen molar-refractivity contribution < 1.29 is 28.2 Å².